The summed E-state index contributed by atoms with van der Waals surface area (Å²) >= 11 is 0. The summed E-state index contributed by atoms with van der Waals surface area (Å²) in [5, 5.41) is 8.06. The number of hydrogen-bond acceptors (Lipinski definition) is 2. The monoisotopic (exact) mass is 129 g/mol. The van der Waals surface area contributed by atoms with Crippen LogP contribution >= 0.6 is 0 Å². The highest BCUT2D eigenvalue weighted by Gasteiger charge is 1.95. The lowest BCUT2D eigenvalue weighted by Crippen LogP contribution is -2.03. The molecule has 1 N–H and O–H groups in total. The van der Waals surface area contributed by atoms with Crippen molar-refractivity contribution in [1.82, 2.24) is 0 Å². The molecule has 0 rings (SSSR count). The third kappa shape index (κ3) is 5.67. The summed E-state index contributed by atoms with van der Waals surface area (Å²) in [5.74, 6) is 0. The Hall–Kier alpha value is -0.333. The van der Waals surface area contributed by atoms with E-state index in [-0.39, 0.29) is 0 Å². The maximum Gasteiger partial charge on any atom is 0.169 e. The van der Waals surface area contributed by atoms with Gasteiger partial charge in [-0.05, 0) is 19.0 Å². The first-order valence-corrected chi connectivity index (χ1v) is 5.31. The molecule has 1 atom stereocenters. The predicted octanol–water partition coefficient (Wildman–Crippen LogP) is 0.636. The molecule has 0 bridgehead atoms. The highest BCUT2D eigenvalue weighted by atomic mass is 28.3. The van der Waals surface area contributed by atoms with E-state index in [2.05, 4.69) is 0 Å². The molecule has 0 aliphatic carbocycles. The lowest BCUT2D eigenvalue weighted by atomic mass is 10.4. The molecule has 8 heavy (non-hydrogen) atoms. The fraction of sp³-hybridized carbons (Fsp3) is 0.800. The van der Waals surface area contributed by atoms with Gasteiger partial charge in [-0.3, -0.25) is 0 Å². The van der Waals surface area contributed by atoms with Crippen LogP contribution in [0.2, 0.25) is 12.6 Å². The first-order valence-electron chi connectivity index (χ1n) is 2.82. The van der Waals surface area contributed by atoms with Crippen molar-refractivity contribution < 1.29 is 4.80 Å². The smallest absolute Gasteiger partial charge is 0.169 e. The highest BCUT2D eigenvalue weighted by molar-refractivity contribution is 6.48. The molecule has 1 unspecified atom stereocenters. The molecule has 0 aromatic rings. The van der Waals surface area contributed by atoms with E-state index in [9.17, 15) is 0 Å². The zero-order chi connectivity index (χ0) is 6.41. The molecule has 0 aliphatic rings. The molecular formula is C5H11NOSi. The molecule has 2 nitrogen and oxygen atoms in total. The van der Waals surface area contributed by atoms with Crippen molar-refractivity contribution in [3.63, 3.8) is 0 Å². The van der Waals surface area contributed by atoms with E-state index in [0.717, 1.165) is 12.5 Å². The van der Waals surface area contributed by atoms with E-state index >= 15 is 0 Å². The zero-order valence-corrected chi connectivity index (χ0v) is 6.25. The molecule has 0 spiro atoms. The van der Waals surface area contributed by atoms with Gasteiger partial charge in [0.15, 0.2) is 9.04 Å². The Morgan fingerprint density at radius 3 is 2.75 bits per heavy atom. The van der Waals surface area contributed by atoms with Crippen molar-refractivity contribution in [3.8, 4) is 6.07 Å². The second-order valence-corrected chi connectivity index (χ2v) is 4.17. The van der Waals surface area contributed by atoms with Gasteiger partial charge in [0.25, 0.3) is 0 Å². The number of rotatable bonds is 3. The van der Waals surface area contributed by atoms with Crippen LogP contribution in [0.1, 0.15) is 12.8 Å². The van der Waals surface area contributed by atoms with Crippen LogP contribution < -0.4 is 0 Å². The van der Waals surface area contributed by atoms with Crippen LogP contribution in [0.5, 0.6) is 0 Å². The molecule has 0 amide bonds. The maximum atomic E-state index is 8.81. The third-order valence-corrected chi connectivity index (χ3v) is 2.15. The van der Waals surface area contributed by atoms with Gasteiger partial charge >= 0.3 is 0 Å². The molecular weight excluding hydrogens is 118 g/mol. The standard InChI is InChI=1S/C5H11NOSi/c1-8(7)5-3-2-4-6/h7-8H,2-3,5H2,1H3. The van der Waals surface area contributed by atoms with E-state index in [0.29, 0.717) is 6.42 Å². The fourth-order valence-corrected chi connectivity index (χ4v) is 1.27. The molecule has 0 heterocycles. The number of nitriles is 1. The molecule has 0 aromatic heterocycles. The van der Waals surface area contributed by atoms with Crippen molar-refractivity contribution in [2.45, 2.75) is 25.4 Å². The molecule has 0 fully saturated rings. The number of hydrogen-bond donors (Lipinski definition) is 1. The van der Waals surface area contributed by atoms with Gasteiger partial charge in [0.05, 0.1) is 6.07 Å². The van der Waals surface area contributed by atoms with Crippen LogP contribution in [0.25, 0.3) is 0 Å². The molecule has 0 aromatic carbocycles. The van der Waals surface area contributed by atoms with Gasteiger partial charge < -0.3 is 4.80 Å². The summed E-state index contributed by atoms with van der Waals surface area (Å²) in [6.07, 6.45) is 1.47. The van der Waals surface area contributed by atoms with Crippen molar-refractivity contribution in [2.75, 3.05) is 0 Å². The van der Waals surface area contributed by atoms with Crippen molar-refractivity contribution in [2.24, 2.45) is 0 Å². The average molecular weight is 129 g/mol. The minimum absolute atomic E-state index is 0.595. The average Bonchev–Trinajstić information content (AvgIpc) is 1.66. The predicted molar refractivity (Wildman–Crippen MR) is 34.9 cm³/mol. The Bertz CT molecular complexity index is 86.9. The van der Waals surface area contributed by atoms with Crippen LogP contribution in [-0.4, -0.2) is 13.8 Å². The largest absolute Gasteiger partial charge is 0.435 e. The van der Waals surface area contributed by atoms with Crippen molar-refractivity contribution >= 4 is 9.04 Å². The van der Waals surface area contributed by atoms with Crippen molar-refractivity contribution in [1.29, 1.82) is 5.26 Å². The Morgan fingerprint density at radius 2 is 2.38 bits per heavy atom. The summed E-state index contributed by atoms with van der Waals surface area (Å²) in [6.45, 7) is 1.87. The molecule has 0 aliphatic heterocycles. The minimum atomic E-state index is -1.35. The zero-order valence-electron chi connectivity index (χ0n) is 5.09. The summed E-state index contributed by atoms with van der Waals surface area (Å²) < 4.78 is 0. The fourth-order valence-electron chi connectivity index (χ4n) is 0.477. The van der Waals surface area contributed by atoms with Crippen LogP contribution in [0.4, 0.5) is 0 Å². The molecule has 0 saturated carbocycles. The summed E-state index contributed by atoms with van der Waals surface area (Å²) in [7, 11) is -1.35. The van der Waals surface area contributed by atoms with Gasteiger partial charge in [-0.25, -0.2) is 0 Å². The van der Waals surface area contributed by atoms with E-state index in [1.807, 2.05) is 12.6 Å². The lowest BCUT2D eigenvalue weighted by molar-refractivity contribution is 0.573. The van der Waals surface area contributed by atoms with E-state index in [1.165, 1.54) is 0 Å². The van der Waals surface area contributed by atoms with E-state index < -0.39 is 9.04 Å². The van der Waals surface area contributed by atoms with E-state index in [1.54, 1.807) is 0 Å². The van der Waals surface area contributed by atoms with Crippen LogP contribution in [0, 0.1) is 11.3 Å². The number of unbranched alkanes of at least 4 members (excludes halogenated alkanes) is 1. The SMILES string of the molecule is C[SiH](O)CCCC#N. The quantitative estimate of drug-likeness (QED) is 0.449. The summed E-state index contributed by atoms with van der Waals surface area (Å²) in [5.41, 5.74) is 0. The first kappa shape index (κ1) is 7.67. The Kier molecular flexibility index (Phi) is 4.62. The summed E-state index contributed by atoms with van der Waals surface area (Å²) in [6, 6.07) is 2.92. The van der Waals surface area contributed by atoms with Crippen molar-refractivity contribution in [3.05, 3.63) is 0 Å². The van der Waals surface area contributed by atoms with E-state index in [4.69, 9.17) is 10.1 Å². The molecule has 0 radical (unpaired) electrons. The Morgan fingerprint density at radius 1 is 1.75 bits per heavy atom. The first-order chi connectivity index (χ1) is 3.77. The normalized spacial score (nSPS) is 12.6. The summed E-state index contributed by atoms with van der Waals surface area (Å²) in [4.78, 5) is 8.81. The maximum absolute atomic E-state index is 8.81. The molecule has 46 valence electrons. The van der Waals surface area contributed by atoms with Crippen LogP contribution in [-0.2, 0) is 0 Å². The number of nitrogens with zero attached hydrogens (tertiary/aromatic N) is 1. The van der Waals surface area contributed by atoms with Crippen LogP contribution in [0.3, 0.4) is 0 Å². The molecule has 0 saturated heterocycles. The third-order valence-electron chi connectivity index (χ3n) is 0.910. The topological polar surface area (TPSA) is 44.0 Å². The minimum Gasteiger partial charge on any atom is -0.435 e. The lowest BCUT2D eigenvalue weighted by Gasteiger charge is -1.94. The Balaban J connectivity index is 2.85. The Labute approximate surface area is 51.5 Å². The van der Waals surface area contributed by atoms with Gasteiger partial charge in [-0.15, -0.1) is 0 Å². The van der Waals surface area contributed by atoms with Gasteiger partial charge in [-0.2, -0.15) is 5.26 Å². The van der Waals surface area contributed by atoms with Gasteiger partial charge in [0.2, 0.25) is 0 Å². The van der Waals surface area contributed by atoms with Gasteiger partial charge in [-0.1, -0.05) is 0 Å². The second-order valence-electron chi connectivity index (χ2n) is 1.90. The van der Waals surface area contributed by atoms with Gasteiger partial charge in [0.1, 0.15) is 0 Å². The molecule has 3 heteroatoms. The second kappa shape index (κ2) is 4.82. The highest BCUT2D eigenvalue weighted by Crippen LogP contribution is 1.96. The van der Waals surface area contributed by atoms with Gasteiger partial charge in [0, 0.05) is 6.42 Å². The van der Waals surface area contributed by atoms with Crippen LogP contribution in [0.15, 0.2) is 0 Å².